The maximum atomic E-state index is 13.3. The molecule has 0 saturated carbocycles. The van der Waals surface area contributed by atoms with Crippen molar-refractivity contribution < 1.29 is 66.3 Å². The SMILES string of the molecule is O=C(Nc1cccc(C(=O)N=C2C=C(S(=O)(=O)O)Cc3cc(S(=O)(=O)O)ccc32)c1)Nc1cccc(C(=O)N=C2C=C(S(=O)(=O)O)Cc3cc(S(=O)(=O)O)ccc32)c1. The third-order valence-corrected chi connectivity index (χ3v) is 12.0. The lowest BCUT2D eigenvalue weighted by molar-refractivity contribution is 0.0995. The van der Waals surface area contributed by atoms with E-state index in [1.807, 2.05) is 0 Å². The summed E-state index contributed by atoms with van der Waals surface area (Å²) < 4.78 is 133. The molecule has 0 aliphatic heterocycles. The summed E-state index contributed by atoms with van der Waals surface area (Å²) in [6.45, 7) is 0. The van der Waals surface area contributed by atoms with Gasteiger partial charge in [-0.05, 0) is 83.9 Å². The number of nitrogens with one attached hydrogen (secondary N) is 2. The summed E-state index contributed by atoms with van der Waals surface area (Å²) in [5.41, 5.74) is -0.175. The van der Waals surface area contributed by atoms with E-state index in [-0.39, 0.29) is 56.2 Å². The van der Waals surface area contributed by atoms with Crippen LogP contribution in [-0.2, 0) is 53.3 Å². The Morgan fingerprint density at radius 3 is 1.22 bits per heavy atom. The molecule has 4 aromatic carbocycles. The van der Waals surface area contributed by atoms with Crippen LogP contribution in [0.2, 0.25) is 0 Å². The van der Waals surface area contributed by atoms with Crippen molar-refractivity contribution in [3.05, 3.63) is 140 Å². The minimum Gasteiger partial charge on any atom is -0.308 e. The van der Waals surface area contributed by atoms with Gasteiger partial charge in [-0.25, -0.2) is 14.8 Å². The molecule has 0 saturated heterocycles. The van der Waals surface area contributed by atoms with E-state index in [4.69, 9.17) is 0 Å². The normalized spacial score (nSPS) is 15.8. The van der Waals surface area contributed by atoms with Gasteiger partial charge in [-0.15, -0.1) is 0 Å². The number of carbonyl (C=O) groups is 3. The van der Waals surface area contributed by atoms with Crippen molar-refractivity contribution in [2.24, 2.45) is 9.98 Å². The predicted octanol–water partition coefficient (Wildman–Crippen LogP) is 3.74. The van der Waals surface area contributed by atoms with Crippen LogP contribution in [0.3, 0.4) is 0 Å². The number of nitrogens with zero attached hydrogens (tertiary/aromatic N) is 2. The number of urea groups is 1. The first-order chi connectivity index (χ1) is 27.0. The minimum absolute atomic E-state index is 0.0291. The van der Waals surface area contributed by atoms with Gasteiger partial charge in [0.1, 0.15) is 0 Å². The Bertz CT molecular complexity index is 2860. The number of benzene rings is 4. The van der Waals surface area contributed by atoms with Crippen molar-refractivity contribution >= 4 is 81.1 Å². The molecule has 19 nitrogen and oxygen atoms in total. The molecule has 0 fully saturated rings. The van der Waals surface area contributed by atoms with Gasteiger partial charge in [0, 0.05) is 46.5 Å². The Hall–Kier alpha value is -6.05. The summed E-state index contributed by atoms with van der Waals surface area (Å²) in [6, 6.07) is 16.3. The predicted molar refractivity (Wildman–Crippen MR) is 206 cm³/mol. The molecule has 0 spiro atoms. The molecule has 6 N–H and O–H groups in total. The fraction of sp³-hybridized carbons (Fsp3) is 0.0571. The smallest absolute Gasteiger partial charge is 0.308 e. The number of aliphatic imine (C=N–C) groups is 2. The van der Waals surface area contributed by atoms with E-state index in [9.17, 15) is 66.3 Å². The first-order valence-electron chi connectivity index (χ1n) is 16.1. The van der Waals surface area contributed by atoms with Crippen LogP contribution in [-0.4, -0.2) is 81.2 Å². The highest BCUT2D eigenvalue weighted by Gasteiger charge is 2.28. The summed E-state index contributed by atoms with van der Waals surface area (Å²) in [5.74, 6) is -1.86. The van der Waals surface area contributed by atoms with E-state index in [2.05, 4.69) is 20.6 Å². The highest BCUT2D eigenvalue weighted by Crippen LogP contribution is 2.29. The van der Waals surface area contributed by atoms with Crippen molar-refractivity contribution in [3.8, 4) is 0 Å². The largest absolute Gasteiger partial charge is 0.323 e. The van der Waals surface area contributed by atoms with Crippen molar-refractivity contribution in [1.29, 1.82) is 0 Å². The van der Waals surface area contributed by atoms with Gasteiger partial charge in [0.25, 0.3) is 52.3 Å². The van der Waals surface area contributed by atoms with Crippen molar-refractivity contribution in [2.75, 3.05) is 10.6 Å². The average molecular weight is 871 g/mol. The molecule has 0 atom stereocenters. The highest BCUT2D eigenvalue weighted by molar-refractivity contribution is 7.90. The van der Waals surface area contributed by atoms with Crippen LogP contribution in [0.1, 0.15) is 43.0 Å². The van der Waals surface area contributed by atoms with Gasteiger partial charge in [-0.3, -0.25) is 27.8 Å². The lowest BCUT2D eigenvalue weighted by atomic mass is 9.95. The lowest BCUT2D eigenvalue weighted by Gasteiger charge is -2.17. The van der Waals surface area contributed by atoms with E-state index in [0.717, 1.165) is 36.4 Å². The van der Waals surface area contributed by atoms with Gasteiger partial charge in [-0.2, -0.15) is 33.7 Å². The minimum atomic E-state index is -4.81. The molecule has 6 rings (SSSR count). The number of hydrogen-bond acceptors (Lipinski definition) is 11. The monoisotopic (exact) mass is 870 g/mol. The number of carbonyl (C=O) groups excluding carboxylic acids is 3. The molecule has 0 heterocycles. The summed E-state index contributed by atoms with van der Waals surface area (Å²) in [6.07, 6.45) is 0.952. The molecular formula is C35H26N4O15S4. The number of amides is 4. The maximum absolute atomic E-state index is 13.3. The molecule has 4 aromatic rings. The Labute approximate surface area is 329 Å². The number of hydrogen-bond donors (Lipinski definition) is 6. The van der Waals surface area contributed by atoms with Crippen LogP contribution in [0, 0.1) is 0 Å². The highest BCUT2D eigenvalue weighted by atomic mass is 32.2. The number of allylic oxidation sites excluding steroid dienone is 4. The van der Waals surface area contributed by atoms with Gasteiger partial charge in [0.05, 0.1) is 31.0 Å². The van der Waals surface area contributed by atoms with E-state index >= 15 is 0 Å². The van der Waals surface area contributed by atoms with Crippen molar-refractivity contribution in [1.82, 2.24) is 0 Å². The van der Waals surface area contributed by atoms with Gasteiger partial charge < -0.3 is 10.6 Å². The molecule has 300 valence electrons. The Kier molecular flexibility index (Phi) is 11.0. The van der Waals surface area contributed by atoms with E-state index in [1.54, 1.807) is 0 Å². The third kappa shape index (κ3) is 9.55. The van der Waals surface area contributed by atoms with Crippen molar-refractivity contribution in [2.45, 2.75) is 22.6 Å². The quantitative estimate of drug-likeness (QED) is 0.137. The molecule has 2 aliphatic carbocycles. The van der Waals surface area contributed by atoms with Gasteiger partial charge in [0.15, 0.2) is 0 Å². The zero-order valence-corrected chi connectivity index (χ0v) is 32.2. The Balaban J connectivity index is 1.21. The van der Waals surface area contributed by atoms with Crippen LogP contribution in [0.5, 0.6) is 0 Å². The van der Waals surface area contributed by atoms with Gasteiger partial charge >= 0.3 is 6.03 Å². The number of anilines is 2. The number of rotatable bonds is 8. The summed E-state index contributed by atoms with van der Waals surface area (Å²) >= 11 is 0. The second kappa shape index (κ2) is 15.4. The van der Waals surface area contributed by atoms with Crippen LogP contribution >= 0.6 is 0 Å². The molecule has 2 aliphatic rings. The zero-order chi connectivity index (χ0) is 42.4. The second-order valence-corrected chi connectivity index (χ2v) is 18.3. The molecular weight excluding hydrogens is 845 g/mol. The first kappa shape index (κ1) is 41.6. The second-order valence-electron chi connectivity index (χ2n) is 12.5. The lowest BCUT2D eigenvalue weighted by Crippen LogP contribution is -2.20. The molecule has 0 bridgehead atoms. The molecule has 4 amide bonds. The fourth-order valence-corrected chi connectivity index (χ4v) is 8.07. The molecule has 58 heavy (non-hydrogen) atoms. The Morgan fingerprint density at radius 1 is 0.500 bits per heavy atom. The zero-order valence-electron chi connectivity index (χ0n) is 29.0. The van der Waals surface area contributed by atoms with E-state index < -0.39 is 90.8 Å². The molecule has 0 aromatic heterocycles. The van der Waals surface area contributed by atoms with E-state index in [1.165, 1.54) is 60.7 Å². The van der Waals surface area contributed by atoms with E-state index in [0.29, 0.717) is 0 Å². The summed E-state index contributed by atoms with van der Waals surface area (Å²) in [5, 5.41) is 4.99. The fourth-order valence-electron chi connectivity index (χ4n) is 5.81. The average Bonchev–Trinajstić information content (AvgIpc) is 3.12. The van der Waals surface area contributed by atoms with Crippen LogP contribution in [0.15, 0.2) is 127 Å². The molecule has 23 heteroatoms. The number of fused-ring (bicyclic) bond motifs is 2. The standard InChI is InChI=1S/C35H26N4O15S4/c40-33(38-31-17-27(57(49,50)51)15-21-13-25(55(43,44)45)7-9-29(21)31)19-3-1-5-23(11-19)36-35(42)37-24-6-2-4-20(12-24)34(41)39-32-18-28(58(52,53)54)16-22-14-26(56(46,47)48)8-10-30(22)32/h1-14,17-18H,15-16H2,(H2,36,37,42)(H,43,44,45)(H,46,47,48)(H,49,50,51)(H,52,53,54). The Morgan fingerprint density at radius 2 is 0.879 bits per heavy atom. The summed E-state index contributed by atoms with van der Waals surface area (Å²) in [7, 11) is -19.0. The van der Waals surface area contributed by atoms with Crippen LogP contribution in [0.4, 0.5) is 16.2 Å². The molecule has 0 unspecified atom stereocenters. The third-order valence-electron chi connectivity index (χ3n) is 8.47. The van der Waals surface area contributed by atoms with Crippen LogP contribution in [0.25, 0.3) is 0 Å². The first-order valence-corrected chi connectivity index (χ1v) is 21.8. The molecule has 0 radical (unpaired) electrons. The van der Waals surface area contributed by atoms with Gasteiger partial charge in [-0.1, -0.05) is 24.3 Å². The van der Waals surface area contributed by atoms with Gasteiger partial charge in [0.2, 0.25) is 0 Å². The topological polar surface area (TPSA) is 317 Å². The maximum Gasteiger partial charge on any atom is 0.323 e. The summed E-state index contributed by atoms with van der Waals surface area (Å²) in [4.78, 5) is 45.1. The van der Waals surface area contributed by atoms with Crippen molar-refractivity contribution in [3.63, 3.8) is 0 Å². The van der Waals surface area contributed by atoms with Crippen LogP contribution < -0.4 is 10.6 Å².